The molecule has 1 aliphatic heterocycles. The van der Waals surface area contributed by atoms with Gasteiger partial charge in [0.1, 0.15) is 17.3 Å². The van der Waals surface area contributed by atoms with Crippen LogP contribution in [0.3, 0.4) is 0 Å². The van der Waals surface area contributed by atoms with Gasteiger partial charge in [0.25, 0.3) is 5.91 Å². The van der Waals surface area contributed by atoms with Gasteiger partial charge in [0.05, 0.1) is 26.1 Å². The number of benzene rings is 2. The number of nitrogens with zero attached hydrogens (tertiary/aromatic N) is 1. The molecule has 8 heteroatoms. The third-order valence-corrected chi connectivity index (χ3v) is 4.28. The molecule has 0 atom stereocenters. The van der Waals surface area contributed by atoms with Crippen molar-refractivity contribution in [3.63, 3.8) is 0 Å². The standard InChI is InChI=1S/C21H19N3O5/c1-26-16-7-13(8-17(10-16)27-2)21(25)24-20-6-4-15(11-22-20)23-14-3-5-18-19(9-14)29-12-28-18/h3-11,23H,12H2,1-2H3,(H,22,24,25). The van der Waals surface area contributed by atoms with Crippen LogP contribution in [0.4, 0.5) is 17.2 Å². The molecule has 0 aliphatic carbocycles. The minimum Gasteiger partial charge on any atom is -0.497 e. The fraction of sp³-hybridized carbons (Fsp3) is 0.143. The Hall–Kier alpha value is -3.94. The maximum Gasteiger partial charge on any atom is 0.257 e. The van der Waals surface area contributed by atoms with Crippen molar-refractivity contribution in [3.8, 4) is 23.0 Å². The number of fused-ring (bicyclic) bond motifs is 1. The van der Waals surface area contributed by atoms with E-state index in [4.69, 9.17) is 18.9 Å². The first kappa shape index (κ1) is 18.4. The smallest absolute Gasteiger partial charge is 0.257 e. The van der Waals surface area contributed by atoms with Crippen LogP contribution in [0.25, 0.3) is 0 Å². The zero-order chi connectivity index (χ0) is 20.2. The number of hydrogen-bond donors (Lipinski definition) is 2. The van der Waals surface area contributed by atoms with Gasteiger partial charge in [0.2, 0.25) is 6.79 Å². The second-order valence-electron chi connectivity index (χ2n) is 6.18. The van der Waals surface area contributed by atoms with E-state index in [0.717, 1.165) is 17.1 Å². The summed E-state index contributed by atoms with van der Waals surface area (Å²) in [6.07, 6.45) is 1.63. The second-order valence-corrected chi connectivity index (χ2v) is 6.18. The number of anilines is 3. The second kappa shape index (κ2) is 7.97. The van der Waals surface area contributed by atoms with Crippen molar-refractivity contribution < 1.29 is 23.7 Å². The lowest BCUT2D eigenvalue weighted by Gasteiger charge is -2.10. The summed E-state index contributed by atoms with van der Waals surface area (Å²) in [7, 11) is 3.06. The van der Waals surface area contributed by atoms with Crippen LogP contribution >= 0.6 is 0 Å². The van der Waals surface area contributed by atoms with Crippen molar-refractivity contribution in [2.24, 2.45) is 0 Å². The molecule has 1 aromatic heterocycles. The van der Waals surface area contributed by atoms with Crippen LogP contribution in [0, 0.1) is 0 Å². The summed E-state index contributed by atoms with van der Waals surface area (Å²) < 4.78 is 21.1. The van der Waals surface area contributed by atoms with Crippen LogP contribution in [0.15, 0.2) is 54.7 Å². The highest BCUT2D eigenvalue weighted by Gasteiger charge is 2.14. The lowest BCUT2D eigenvalue weighted by molar-refractivity contribution is 0.102. The summed E-state index contributed by atoms with van der Waals surface area (Å²) >= 11 is 0. The zero-order valence-corrected chi connectivity index (χ0v) is 15.9. The summed E-state index contributed by atoms with van der Waals surface area (Å²) in [6.45, 7) is 0.230. The Morgan fingerprint density at radius 1 is 0.931 bits per heavy atom. The third-order valence-electron chi connectivity index (χ3n) is 4.28. The molecule has 0 fully saturated rings. The van der Waals surface area contributed by atoms with Gasteiger partial charge in [-0.3, -0.25) is 4.79 Å². The molecule has 148 valence electrons. The van der Waals surface area contributed by atoms with Gasteiger partial charge in [-0.05, 0) is 36.4 Å². The summed E-state index contributed by atoms with van der Waals surface area (Å²) in [4.78, 5) is 16.8. The Balaban J connectivity index is 1.43. The molecule has 1 amide bonds. The van der Waals surface area contributed by atoms with E-state index in [1.165, 1.54) is 14.2 Å². The van der Waals surface area contributed by atoms with Gasteiger partial charge in [-0.1, -0.05) is 0 Å². The molecule has 3 aromatic rings. The van der Waals surface area contributed by atoms with E-state index in [0.29, 0.717) is 28.6 Å². The Bertz CT molecular complexity index is 1010. The van der Waals surface area contributed by atoms with E-state index in [-0.39, 0.29) is 12.7 Å². The minimum atomic E-state index is -0.314. The number of amides is 1. The van der Waals surface area contributed by atoms with E-state index in [2.05, 4.69) is 15.6 Å². The third kappa shape index (κ3) is 4.16. The zero-order valence-electron chi connectivity index (χ0n) is 15.9. The van der Waals surface area contributed by atoms with Gasteiger partial charge >= 0.3 is 0 Å². The molecule has 8 nitrogen and oxygen atoms in total. The van der Waals surface area contributed by atoms with Crippen molar-refractivity contribution in [2.75, 3.05) is 31.6 Å². The molecule has 29 heavy (non-hydrogen) atoms. The molecule has 0 unspecified atom stereocenters. The fourth-order valence-electron chi connectivity index (χ4n) is 2.81. The van der Waals surface area contributed by atoms with E-state index in [1.54, 1.807) is 30.5 Å². The van der Waals surface area contributed by atoms with Crippen LogP contribution in [0.2, 0.25) is 0 Å². The predicted molar refractivity (Wildman–Crippen MR) is 108 cm³/mol. The van der Waals surface area contributed by atoms with E-state index in [1.807, 2.05) is 24.3 Å². The molecule has 2 heterocycles. The monoisotopic (exact) mass is 393 g/mol. The first-order valence-electron chi connectivity index (χ1n) is 8.82. The van der Waals surface area contributed by atoms with Crippen molar-refractivity contribution >= 4 is 23.1 Å². The van der Waals surface area contributed by atoms with Gasteiger partial charge in [0, 0.05) is 23.4 Å². The van der Waals surface area contributed by atoms with Gasteiger partial charge in [0.15, 0.2) is 11.5 Å². The maximum absolute atomic E-state index is 12.5. The SMILES string of the molecule is COc1cc(OC)cc(C(=O)Nc2ccc(Nc3ccc4c(c3)OCO4)cn2)c1. The number of carbonyl (C=O) groups excluding carboxylic acids is 1. The minimum absolute atomic E-state index is 0.230. The van der Waals surface area contributed by atoms with Crippen molar-refractivity contribution in [2.45, 2.75) is 0 Å². The Morgan fingerprint density at radius 2 is 1.66 bits per heavy atom. The molecule has 0 bridgehead atoms. The summed E-state index contributed by atoms with van der Waals surface area (Å²) in [6, 6.07) is 14.1. The number of methoxy groups -OCH3 is 2. The van der Waals surface area contributed by atoms with Crippen LogP contribution < -0.4 is 29.6 Å². The number of aromatic nitrogens is 1. The highest BCUT2D eigenvalue weighted by Crippen LogP contribution is 2.35. The first-order chi connectivity index (χ1) is 14.1. The highest BCUT2D eigenvalue weighted by molar-refractivity contribution is 6.04. The number of nitrogens with one attached hydrogen (secondary N) is 2. The Labute approximate surface area is 167 Å². The Morgan fingerprint density at radius 3 is 2.34 bits per heavy atom. The fourth-order valence-corrected chi connectivity index (χ4v) is 2.81. The summed E-state index contributed by atoms with van der Waals surface area (Å²) in [5, 5.41) is 5.99. The molecule has 1 aliphatic rings. The summed E-state index contributed by atoms with van der Waals surface area (Å²) in [5.74, 6) is 2.59. The first-order valence-corrected chi connectivity index (χ1v) is 8.82. The van der Waals surface area contributed by atoms with E-state index in [9.17, 15) is 4.79 Å². The molecule has 2 aromatic carbocycles. The summed E-state index contributed by atoms with van der Waals surface area (Å²) in [5.41, 5.74) is 2.02. The molecule has 0 saturated heterocycles. The number of rotatable bonds is 6. The molecule has 0 saturated carbocycles. The van der Waals surface area contributed by atoms with Crippen molar-refractivity contribution in [3.05, 3.63) is 60.3 Å². The van der Waals surface area contributed by atoms with Gasteiger partial charge in [-0.2, -0.15) is 0 Å². The molecule has 0 spiro atoms. The average molecular weight is 393 g/mol. The lowest BCUT2D eigenvalue weighted by Crippen LogP contribution is -2.13. The quantitative estimate of drug-likeness (QED) is 0.658. The Kier molecular flexibility index (Phi) is 5.07. The van der Waals surface area contributed by atoms with Crippen molar-refractivity contribution in [1.82, 2.24) is 4.98 Å². The highest BCUT2D eigenvalue weighted by atomic mass is 16.7. The largest absolute Gasteiger partial charge is 0.497 e. The molecule has 0 radical (unpaired) electrons. The number of pyridine rings is 1. The van der Waals surface area contributed by atoms with Crippen LogP contribution in [-0.2, 0) is 0 Å². The van der Waals surface area contributed by atoms with E-state index >= 15 is 0 Å². The molecular weight excluding hydrogens is 374 g/mol. The number of ether oxygens (including phenoxy) is 4. The molecule has 4 rings (SSSR count). The normalized spacial score (nSPS) is 11.7. The van der Waals surface area contributed by atoms with Crippen molar-refractivity contribution in [1.29, 1.82) is 0 Å². The van der Waals surface area contributed by atoms with Gasteiger partial charge < -0.3 is 29.6 Å². The molecular formula is C21H19N3O5. The van der Waals surface area contributed by atoms with Crippen LogP contribution in [-0.4, -0.2) is 31.9 Å². The van der Waals surface area contributed by atoms with Crippen LogP contribution in [0.5, 0.6) is 23.0 Å². The van der Waals surface area contributed by atoms with Gasteiger partial charge in [-0.25, -0.2) is 4.98 Å². The maximum atomic E-state index is 12.5. The number of carbonyl (C=O) groups is 1. The van der Waals surface area contributed by atoms with E-state index < -0.39 is 0 Å². The number of hydrogen-bond acceptors (Lipinski definition) is 7. The predicted octanol–water partition coefficient (Wildman–Crippen LogP) is 3.82. The van der Waals surface area contributed by atoms with Crippen LogP contribution in [0.1, 0.15) is 10.4 Å². The molecule has 2 N–H and O–H groups in total. The average Bonchev–Trinajstić information content (AvgIpc) is 3.22. The topological polar surface area (TPSA) is 90.9 Å². The van der Waals surface area contributed by atoms with Gasteiger partial charge in [-0.15, -0.1) is 0 Å². The lowest BCUT2D eigenvalue weighted by atomic mass is 10.2.